The van der Waals surface area contributed by atoms with Gasteiger partial charge in [0.15, 0.2) is 6.29 Å². The first kappa shape index (κ1) is 25.4. The largest absolute Gasteiger partial charge is 0.416 e. The van der Waals surface area contributed by atoms with Gasteiger partial charge in [-0.3, -0.25) is 4.79 Å². The van der Waals surface area contributed by atoms with Gasteiger partial charge in [0.25, 0.3) is 5.91 Å². The van der Waals surface area contributed by atoms with Crippen molar-refractivity contribution in [3.05, 3.63) is 52.0 Å². The molecule has 0 unspecified atom stereocenters. The molecule has 1 aromatic carbocycles. The highest BCUT2D eigenvalue weighted by Crippen LogP contribution is 2.37. The van der Waals surface area contributed by atoms with Crippen LogP contribution in [0.15, 0.2) is 18.2 Å². The summed E-state index contributed by atoms with van der Waals surface area (Å²) in [6, 6.07) is 3.61. The molecule has 0 radical (unpaired) electrons. The van der Waals surface area contributed by atoms with E-state index in [0.29, 0.717) is 36.0 Å². The lowest BCUT2D eigenvalue weighted by Crippen LogP contribution is -2.36. The van der Waals surface area contributed by atoms with Gasteiger partial charge in [0.1, 0.15) is 17.3 Å². The summed E-state index contributed by atoms with van der Waals surface area (Å²) >= 11 is 0. The second-order valence-corrected chi connectivity index (χ2v) is 9.57. The van der Waals surface area contributed by atoms with Crippen LogP contribution in [-0.2, 0) is 22.1 Å². The molecule has 1 aliphatic heterocycles. The number of aryl methyl sites for hydroxylation is 1. The molecular formula is C25H31F3N4O3. The van der Waals surface area contributed by atoms with E-state index in [2.05, 4.69) is 20.6 Å². The van der Waals surface area contributed by atoms with Crippen molar-refractivity contribution in [2.24, 2.45) is 0 Å². The number of ether oxygens (including phenoxy) is 2. The van der Waals surface area contributed by atoms with Crippen molar-refractivity contribution in [2.45, 2.75) is 77.4 Å². The van der Waals surface area contributed by atoms with Crippen LogP contribution in [-0.4, -0.2) is 40.9 Å². The lowest BCUT2D eigenvalue weighted by atomic mass is 9.97. The fourth-order valence-electron chi connectivity index (χ4n) is 4.28. The first-order valence-corrected chi connectivity index (χ1v) is 11.8. The molecule has 1 aromatic heterocycles. The average molecular weight is 493 g/mol. The normalized spacial score (nSPS) is 18.7. The molecule has 2 fully saturated rings. The van der Waals surface area contributed by atoms with Crippen LogP contribution in [0.3, 0.4) is 0 Å². The van der Waals surface area contributed by atoms with Crippen molar-refractivity contribution in [1.82, 2.24) is 15.3 Å². The number of anilines is 1. The van der Waals surface area contributed by atoms with Crippen LogP contribution in [0, 0.1) is 13.8 Å². The fraction of sp³-hybridized carbons (Fsp3) is 0.560. The number of hydrogen-bond acceptors (Lipinski definition) is 6. The van der Waals surface area contributed by atoms with Gasteiger partial charge in [0, 0.05) is 17.5 Å². The third-order valence-electron chi connectivity index (χ3n) is 6.52. The summed E-state index contributed by atoms with van der Waals surface area (Å²) in [5.74, 6) is 0.443. The molecule has 0 bridgehead atoms. The van der Waals surface area contributed by atoms with Gasteiger partial charge in [-0.1, -0.05) is 12.1 Å². The van der Waals surface area contributed by atoms with Crippen molar-refractivity contribution in [1.29, 1.82) is 0 Å². The Morgan fingerprint density at radius 1 is 1.20 bits per heavy atom. The predicted octanol–water partition coefficient (Wildman–Crippen LogP) is 4.87. The molecular weight excluding hydrogens is 461 g/mol. The van der Waals surface area contributed by atoms with Gasteiger partial charge in [-0.05, 0) is 64.2 Å². The van der Waals surface area contributed by atoms with E-state index in [9.17, 15) is 18.0 Å². The zero-order valence-corrected chi connectivity index (χ0v) is 20.4. The van der Waals surface area contributed by atoms with Crippen molar-refractivity contribution in [3.63, 3.8) is 0 Å². The Labute approximate surface area is 202 Å². The molecule has 190 valence electrons. The maximum atomic E-state index is 13.5. The highest BCUT2D eigenvalue weighted by molar-refractivity contribution is 5.95. The van der Waals surface area contributed by atoms with Crippen LogP contribution >= 0.6 is 0 Å². The summed E-state index contributed by atoms with van der Waals surface area (Å²) in [4.78, 5) is 22.2. The van der Waals surface area contributed by atoms with E-state index >= 15 is 0 Å². The smallest absolute Gasteiger partial charge is 0.363 e. The number of amides is 1. The zero-order valence-electron chi connectivity index (χ0n) is 20.4. The molecule has 10 heteroatoms. The second kappa shape index (κ2) is 9.73. The molecule has 0 spiro atoms. The number of carbonyl (C=O) groups excluding carboxylic acids is 1. The summed E-state index contributed by atoms with van der Waals surface area (Å²) in [5, 5.41) is 6.27. The van der Waals surface area contributed by atoms with E-state index in [0.717, 1.165) is 25.3 Å². The topological polar surface area (TPSA) is 85.4 Å². The maximum absolute atomic E-state index is 13.5. The third kappa shape index (κ3) is 5.92. The van der Waals surface area contributed by atoms with Gasteiger partial charge < -0.3 is 20.1 Å². The number of nitrogens with zero attached hydrogens (tertiary/aromatic N) is 2. The minimum atomic E-state index is -4.45. The van der Waals surface area contributed by atoms with E-state index < -0.39 is 24.1 Å². The molecule has 1 amide bonds. The van der Waals surface area contributed by atoms with Gasteiger partial charge in [0.2, 0.25) is 0 Å². The Bertz CT molecular complexity index is 1100. The van der Waals surface area contributed by atoms with Gasteiger partial charge in [-0.15, -0.1) is 0 Å². The zero-order chi connectivity index (χ0) is 25.4. The number of halogens is 3. The van der Waals surface area contributed by atoms with E-state index in [4.69, 9.17) is 9.47 Å². The Morgan fingerprint density at radius 3 is 2.51 bits per heavy atom. The SMILES string of the molecule is Cc1nc(N[C@H](C)c2cccc(C(F)(F)F)c2C)c(CC2OCCCO2)c(C(=O)NC2(C)CC2)n1. The number of benzene rings is 1. The molecule has 2 aliphatic rings. The van der Waals surface area contributed by atoms with Gasteiger partial charge >= 0.3 is 6.18 Å². The second-order valence-electron chi connectivity index (χ2n) is 9.57. The Balaban J connectivity index is 1.69. The lowest BCUT2D eigenvalue weighted by Gasteiger charge is -2.26. The molecule has 1 aliphatic carbocycles. The van der Waals surface area contributed by atoms with Gasteiger partial charge in [-0.25, -0.2) is 9.97 Å². The predicted molar refractivity (Wildman–Crippen MR) is 124 cm³/mol. The molecule has 2 N–H and O–H groups in total. The van der Waals surface area contributed by atoms with Crippen LogP contribution in [0.1, 0.15) is 77.7 Å². The summed E-state index contributed by atoms with van der Waals surface area (Å²) in [5.41, 5.74) is 0.444. The molecule has 7 nitrogen and oxygen atoms in total. The number of alkyl halides is 3. The molecule has 2 aromatic rings. The minimum Gasteiger partial charge on any atom is -0.363 e. The Kier molecular flexibility index (Phi) is 7.06. The van der Waals surface area contributed by atoms with E-state index in [1.54, 1.807) is 19.9 Å². The van der Waals surface area contributed by atoms with E-state index in [1.807, 2.05) is 6.92 Å². The highest BCUT2D eigenvalue weighted by atomic mass is 19.4. The first-order chi connectivity index (χ1) is 16.5. The number of carbonyl (C=O) groups is 1. The fourth-order valence-corrected chi connectivity index (χ4v) is 4.28. The van der Waals surface area contributed by atoms with Crippen molar-refractivity contribution < 1.29 is 27.4 Å². The highest BCUT2D eigenvalue weighted by Gasteiger charge is 2.40. The first-order valence-electron chi connectivity index (χ1n) is 11.8. The van der Waals surface area contributed by atoms with Crippen molar-refractivity contribution in [2.75, 3.05) is 18.5 Å². The van der Waals surface area contributed by atoms with Crippen LogP contribution in [0.25, 0.3) is 0 Å². The third-order valence-corrected chi connectivity index (χ3v) is 6.52. The van der Waals surface area contributed by atoms with Crippen molar-refractivity contribution in [3.8, 4) is 0 Å². The van der Waals surface area contributed by atoms with Crippen LogP contribution in [0.5, 0.6) is 0 Å². The Morgan fingerprint density at radius 2 is 1.89 bits per heavy atom. The molecule has 1 saturated heterocycles. The Hall–Kier alpha value is -2.72. The van der Waals surface area contributed by atoms with Crippen LogP contribution < -0.4 is 10.6 Å². The summed E-state index contributed by atoms with van der Waals surface area (Å²) in [6.07, 6.45) is -2.21. The average Bonchev–Trinajstić information content (AvgIpc) is 3.51. The van der Waals surface area contributed by atoms with E-state index in [-0.39, 0.29) is 29.1 Å². The molecule has 2 heterocycles. The standard InChI is InChI=1S/C25H31F3N4O3/c1-14-17(7-5-8-19(14)25(26,27)28)15(2)29-22-18(13-20-34-11-6-12-35-20)21(30-16(3)31-22)23(33)32-24(4)9-10-24/h5,7-8,15,20H,6,9-13H2,1-4H3,(H,32,33)(H,29,30,31)/t15-/m1/s1. The van der Waals surface area contributed by atoms with Crippen LogP contribution in [0.2, 0.25) is 0 Å². The minimum absolute atomic E-state index is 0.144. The number of aromatic nitrogens is 2. The van der Waals surface area contributed by atoms with Crippen molar-refractivity contribution >= 4 is 11.7 Å². The summed E-state index contributed by atoms with van der Waals surface area (Å²) in [7, 11) is 0. The maximum Gasteiger partial charge on any atom is 0.416 e. The lowest BCUT2D eigenvalue weighted by molar-refractivity contribution is -0.176. The van der Waals surface area contributed by atoms with Gasteiger partial charge in [0.05, 0.1) is 24.8 Å². The number of nitrogens with one attached hydrogen (secondary N) is 2. The quantitative estimate of drug-likeness (QED) is 0.574. The molecule has 1 saturated carbocycles. The number of hydrogen-bond donors (Lipinski definition) is 2. The molecule has 1 atom stereocenters. The van der Waals surface area contributed by atoms with Gasteiger partial charge in [-0.2, -0.15) is 13.2 Å². The summed E-state index contributed by atoms with van der Waals surface area (Å²) in [6.45, 7) is 7.96. The summed E-state index contributed by atoms with van der Waals surface area (Å²) < 4.78 is 51.8. The number of rotatable bonds is 7. The monoisotopic (exact) mass is 492 g/mol. The molecule has 4 rings (SSSR count). The molecule has 35 heavy (non-hydrogen) atoms. The van der Waals surface area contributed by atoms with Crippen LogP contribution in [0.4, 0.5) is 19.0 Å². The van der Waals surface area contributed by atoms with E-state index in [1.165, 1.54) is 13.0 Å².